The maximum absolute atomic E-state index is 12.6. The van der Waals surface area contributed by atoms with E-state index in [-0.39, 0.29) is 18.7 Å². The third-order valence-corrected chi connectivity index (χ3v) is 4.40. The minimum atomic E-state index is -0.299. The van der Waals surface area contributed by atoms with E-state index in [1.54, 1.807) is 24.3 Å². The van der Waals surface area contributed by atoms with Crippen molar-refractivity contribution in [3.05, 3.63) is 60.7 Å². The molecule has 0 saturated heterocycles. The van der Waals surface area contributed by atoms with Crippen LogP contribution in [0.25, 0.3) is 0 Å². The Hall–Kier alpha value is -2.99. The lowest BCUT2D eigenvalue weighted by Crippen LogP contribution is -2.39. The van der Waals surface area contributed by atoms with E-state index in [1.807, 2.05) is 43.1 Å². The molecule has 0 spiro atoms. The summed E-state index contributed by atoms with van der Waals surface area (Å²) in [5.74, 6) is 2.06. The number of ether oxygens (including phenoxy) is 3. The van der Waals surface area contributed by atoms with Crippen molar-refractivity contribution in [2.75, 3.05) is 25.8 Å². The van der Waals surface area contributed by atoms with Crippen molar-refractivity contribution in [1.82, 2.24) is 4.90 Å². The van der Waals surface area contributed by atoms with Gasteiger partial charge in [-0.2, -0.15) is 0 Å². The van der Waals surface area contributed by atoms with E-state index in [0.717, 1.165) is 11.3 Å². The number of nitrogens with zero attached hydrogens (tertiary/aromatic N) is 1. The first kappa shape index (κ1) is 18.8. The van der Waals surface area contributed by atoms with E-state index in [0.29, 0.717) is 30.3 Å². The highest BCUT2D eigenvalue weighted by molar-refractivity contribution is 5.94. The normalized spacial score (nSPS) is 13.3. The Labute approximate surface area is 159 Å². The second-order valence-electron chi connectivity index (χ2n) is 6.39. The molecule has 2 aromatic carbocycles. The lowest BCUT2D eigenvalue weighted by molar-refractivity contribution is -0.120. The van der Waals surface area contributed by atoms with Gasteiger partial charge in [0.25, 0.3) is 0 Å². The Morgan fingerprint density at radius 1 is 1.26 bits per heavy atom. The second-order valence-corrected chi connectivity index (χ2v) is 6.39. The van der Waals surface area contributed by atoms with E-state index in [2.05, 4.69) is 11.9 Å². The highest BCUT2D eigenvalue weighted by Crippen LogP contribution is 2.34. The lowest BCUT2D eigenvalue weighted by atomic mass is 10.1. The number of hydrogen-bond acceptors (Lipinski definition) is 5. The molecular weight excluding hydrogens is 344 g/mol. The zero-order valence-corrected chi connectivity index (χ0v) is 15.6. The molecule has 1 heterocycles. The molecule has 0 radical (unpaired) electrons. The Kier molecular flexibility index (Phi) is 5.98. The van der Waals surface area contributed by atoms with Crippen molar-refractivity contribution in [3.63, 3.8) is 0 Å². The number of likely N-dealkylation sites (N-methyl/N-ethyl adjacent to an activating group) is 1. The highest BCUT2D eigenvalue weighted by atomic mass is 16.7. The quantitative estimate of drug-likeness (QED) is 0.724. The smallest absolute Gasteiger partial charge is 0.241 e. The number of fused-ring (bicyclic) bond motifs is 1. The minimum absolute atomic E-state index is 0.0812. The Morgan fingerprint density at radius 3 is 2.74 bits per heavy atom. The Balaban J connectivity index is 1.55. The fraction of sp³-hybridized carbons (Fsp3) is 0.286. The molecule has 0 aliphatic carbocycles. The molecule has 1 atom stereocenters. The summed E-state index contributed by atoms with van der Waals surface area (Å²) in [7, 11) is 1.92. The van der Waals surface area contributed by atoms with Gasteiger partial charge in [-0.05, 0) is 43.8 Å². The molecule has 6 heteroatoms. The summed E-state index contributed by atoms with van der Waals surface area (Å²) < 4.78 is 16.1. The SMILES string of the molecule is C=CCOc1ccc(CN(C)[C@@H](C)C(=O)Nc2ccc3c(c2)OCO3)cc1. The van der Waals surface area contributed by atoms with E-state index in [4.69, 9.17) is 14.2 Å². The van der Waals surface area contributed by atoms with Crippen molar-refractivity contribution >= 4 is 11.6 Å². The van der Waals surface area contributed by atoms with Gasteiger partial charge >= 0.3 is 0 Å². The van der Waals surface area contributed by atoms with Crippen LogP contribution in [0.15, 0.2) is 55.1 Å². The largest absolute Gasteiger partial charge is 0.490 e. The zero-order chi connectivity index (χ0) is 19.2. The first-order chi connectivity index (χ1) is 13.1. The van der Waals surface area contributed by atoms with Gasteiger partial charge in [-0.15, -0.1) is 0 Å². The number of rotatable bonds is 8. The number of hydrogen-bond donors (Lipinski definition) is 1. The number of nitrogens with one attached hydrogen (secondary N) is 1. The molecule has 0 bridgehead atoms. The zero-order valence-electron chi connectivity index (χ0n) is 15.6. The van der Waals surface area contributed by atoms with Crippen molar-refractivity contribution in [2.24, 2.45) is 0 Å². The van der Waals surface area contributed by atoms with Gasteiger partial charge < -0.3 is 19.5 Å². The standard InChI is InChI=1S/C21H24N2O4/c1-4-11-25-18-8-5-16(6-9-18)13-23(3)15(2)21(24)22-17-7-10-19-20(12-17)27-14-26-19/h4-10,12,15H,1,11,13-14H2,2-3H3,(H,22,24)/t15-/m0/s1. The van der Waals surface area contributed by atoms with Gasteiger partial charge in [0.2, 0.25) is 12.7 Å². The van der Waals surface area contributed by atoms with Crippen LogP contribution in [0, 0.1) is 0 Å². The molecular formula is C21H24N2O4. The first-order valence-corrected chi connectivity index (χ1v) is 8.80. The summed E-state index contributed by atoms with van der Waals surface area (Å²) >= 11 is 0. The van der Waals surface area contributed by atoms with Gasteiger partial charge in [0.15, 0.2) is 11.5 Å². The molecule has 0 unspecified atom stereocenters. The lowest BCUT2D eigenvalue weighted by Gasteiger charge is -2.24. The third-order valence-electron chi connectivity index (χ3n) is 4.40. The average molecular weight is 368 g/mol. The maximum Gasteiger partial charge on any atom is 0.241 e. The molecule has 0 saturated carbocycles. The summed E-state index contributed by atoms with van der Waals surface area (Å²) in [5.41, 5.74) is 1.79. The van der Waals surface area contributed by atoms with Gasteiger partial charge in [-0.25, -0.2) is 0 Å². The number of carbonyl (C=O) groups is 1. The first-order valence-electron chi connectivity index (χ1n) is 8.80. The Morgan fingerprint density at radius 2 is 2.00 bits per heavy atom. The fourth-order valence-corrected chi connectivity index (χ4v) is 2.69. The van der Waals surface area contributed by atoms with Gasteiger partial charge in [0.1, 0.15) is 12.4 Å². The molecule has 1 aliphatic rings. The minimum Gasteiger partial charge on any atom is -0.490 e. The van der Waals surface area contributed by atoms with Crippen LogP contribution in [0.3, 0.4) is 0 Å². The summed E-state index contributed by atoms with van der Waals surface area (Å²) in [6.45, 7) is 6.86. The molecule has 1 amide bonds. The summed E-state index contributed by atoms with van der Waals surface area (Å²) in [5, 5.41) is 2.92. The van der Waals surface area contributed by atoms with Gasteiger partial charge in [0, 0.05) is 18.3 Å². The summed E-state index contributed by atoms with van der Waals surface area (Å²) in [6, 6.07) is 12.9. The van der Waals surface area contributed by atoms with Crippen LogP contribution in [0.1, 0.15) is 12.5 Å². The molecule has 0 aromatic heterocycles. The van der Waals surface area contributed by atoms with Crippen LogP contribution in [-0.2, 0) is 11.3 Å². The number of amides is 1. The van der Waals surface area contributed by atoms with Gasteiger partial charge in [-0.1, -0.05) is 24.8 Å². The molecule has 27 heavy (non-hydrogen) atoms. The predicted molar refractivity (Wildman–Crippen MR) is 104 cm³/mol. The van der Waals surface area contributed by atoms with Crippen LogP contribution < -0.4 is 19.5 Å². The molecule has 3 rings (SSSR count). The molecule has 142 valence electrons. The average Bonchev–Trinajstić information content (AvgIpc) is 3.14. The van der Waals surface area contributed by atoms with E-state index >= 15 is 0 Å². The molecule has 0 fully saturated rings. The van der Waals surface area contributed by atoms with Crippen molar-refractivity contribution < 1.29 is 19.0 Å². The van der Waals surface area contributed by atoms with Crippen molar-refractivity contribution in [3.8, 4) is 17.2 Å². The van der Waals surface area contributed by atoms with Gasteiger partial charge in [-0.3, -0.25) is 9.69 Å². The van der Waals surface area contributed by atoms with E-state index in [9.17, 15) is 4.79 Å². The maximum atomic E-state index is 12.6. The molecule has 1 aliphatic heterocycles. The monoisotopic (exact) mass is 368 g/mol. The Bertz CT molecular complexity index is 804. The summed E-state index contributed by atoms with van der Waals surface area (Å²) in [6.07, 6.45) is 1.71. The van der Waals surface area contributed by atoms with Crippen LogP contribution in [0.2, 0.25) is 0 Å². The number of carbonyl (C=O) groups excluding carboxylic acids is 1. The van der Waals surface area contributed by atoms with Crippen LogP contribution in [0.4, 0.5) is 5.69 Å². The molecule has 6 nitrogen and oxygen atoms in total. The highest BCUT2D eigenvalue weighted by Gasteiger charge is 2.20. The molecule has 2 aromatic rings. The fourth-order valence-electron chi connectivity index (χ4n) is 2.69. The predicted octanol–water partition coefficient (Wildman–Crippen LogP) is 3.44. The molecule has 1 N–H and O–H groups in total. The van der Waals surface area contributed by atoms with Crippen LogP contribution >= 0.6 is 0 Å². The van der Waals surface area contributed by atoms with E-state index in [1.165, 1.54) is 0 Å². The van der Waals surface area contributed by atoms with Crippen LogP contribution in [-0.4, -0.2) is 37.3 Å². The van der Waals surface area contributed by atoms with E-state index < -0.39 is 0 Å². The van der Waals surface area contributed by atoms with Gasteiger partial charge in [0.05, 0.1) is 6.04 Å². The number of benzene rings is 2. The van der Waals surface area contributed by atoms with Crippen molar-refractivity contribution in [1.29, 1.82) is 0 Å². The number of anilines is 1. The topological polar surface area (TPSA) is 60.0 Å². The third kappa shape index (κ3) is 4.80. The second kappa shape index (κ2) is 8.60. The van der Waals surface area contributed by atoms with Crippen LogP contribution in [0.5, 0.6) is 17.2 Å². The summed E-state index contributed by atoms with van der Waals surface area (Å²) in [4.78, 5) is 14.6. The van der Waals surface area contributed by atoms with Crippen molar-refractivity contribution in [2.45, 2.75) is 19.5 Å².